The maximum Gasteiger partial charge on any atom is 0.331 e. The van der Waals surface area contributed by atoms with E-state index in [9.17, 15) is 14.4 Å². The van der Waals surface area contributed by atoms with Crippen LogP contribution in [0.4, 0.5) is 0 Å². The van der Waals surface area contributed by atoms with Crippen LogP contribution in [0.5, 0.6) is 0 Å². The molecule has 0 heterocycles. The monoisotopic (exact) mass is 244 g/mol. The fourth-order valence-electron chi connectivity index (χ4n) is 1.73. The number of carbonyl (C=O) groups excluding carboxylic acids is 3. The van der Waals surface area contributed by atoms with Crippen molar-refractivity contribution >= 4 is 17.9 Å². The van der Waals surface area contributed by atoms with Crippen LogP contribution in [0.1, 0.15) is 41.0 Å². The van der Waals surface area contributed by atoms with Crippen LogP contribution in [0.2, 0.25) is 0 Å². The fourth-order valence-corrected chi connectivity index (χ4v) is 1.73. The molecule has 0 bridgehead atoms. The molecule has 0 N–H and O–H groups in total. The maximum atomic E-state index is 11.9. The molecule has 0 aromatic heterocycles. The molecule has 5 nitrogen and oxygen atoms in total. The van der Waals surface area contributed by atoms with Crippen molar-refractivity contribution in [2.75, 3.05) is 6.61 Å². The summed E-state index contributed by atoms with van der Waals surface area (Å²) in [6.45, 7) is 8.11. The molecule has 5 heteroatoms. The molecular formula is C12H20O5. The lowest BCUT2D eigenvalue weighted by molar-refractivity contribution is -0.179. The Morgan fingerprint density at radius 3 is 1.94 bits per heavy atom. The molecule has 1 unspecified atom stereocenters. The fraction of sp³-hybridized carbons (Fsp3) is 0.750. The first-order valence-electron chi connectivity index (χ1n) is 5.72. The van der Waals surface area contributed by atoms with Crippen LogP contribution in [0, 0.1) is 11.3 Å². The Kier molecular flexibility index (Phi) is 5.85. The largest absolute Gasteiger partial charge is 0.465 e. The van der Waals surface area contributed by atoms with Gasteiger partial charge in [0.15, 0.2) is 5.41 Å². The molecule has 0 rings (SSSR count). The van der Waals surface area contributed by atoms with Crippen molar-refractivity contribution in [1.29, 1.82) is 0 Å². The van der Waals surface area contributed by atoms with E-state index in [1.165, 1.54) is 0 Å². The zero-order valence-corrected chi connectivity index (χ0v) is 11.0. The highest BCUT2D eigenvalue weighted by molar-refractivity contribution is 6.03. The smallest absolute Gasteiger partial charge is 0.331 e. The molecule has 98 valence electrons. The van der Waals surface area contributed by atoms with Gasteiger partial charge in [0.2, 0.25) is 0 Å². The second-order valence-electron chi connectivity index (χ2n) is 4.08. The lowest BCUT2D eigenvalue weighted by Gasteiger charge is -2.30. The SMILES string of the molecule is CCOC(=O)C(CC)(C(=O)OC(C)=O)C(C)C. The standard InChI is InChI=1S/C12H20O5/c1-6-12(8(3)4,10(14)16-7-2)11(15)17-9(5)13/h8H,6-7H2,1-5H3. The van der Waals surface area contributed by atoms with Crippen molar-refractivity contribution in [3.8, 4) is 0 Å². The van der Waals surface area contributed by atoms with Gasteiger partial charge < -0.3 is 9.47 Å². The van der Waals surface area contributed by atoms with Crippen molar-refractivity contribution in [1.82, 2.24) is 0 Å². The first-order chi connectivity index (χ1) is 7.82. The lowest BCUT2D eigenvalue weighted by atomic mass is 9.75. The van der Waals surface area contributed by atoms with Gasteiger partial charge in [-0.3, -0.25) is 14.4 Å². The summed E-state index contributed by atoms with van der Waals surface area (Å²) in [6.07, 6.45) is 0.232. The minimum Gasteiger partial charge on any atom is -0.465 e. The van der Waals surface area contributed by atoms with Crippen LogP contribution in [0.25, 0.3) is 0 Å². The lowest BCUT2D eigenvalue weighted by Crippen LogP contribution is -2.46. The van der Waals surface area contributed by atoms with Crippen molar-refractivity contribution in [2.45, 2.75) is 41.0 Å². The molecule has 0 aromatic carbocycles. The molecule has 1 atom stereocenters. The Balaban J connectivity index is 5.28. The summed E-state index contributed by atoms with van der Waals surface area (Å²) in [4.78, 5) is 34.7. The molecule has 0 aliphatic rings. The topological polar surface area (TPSA) is 69.7 Å². The summed E-state index contributed by atoms with van der Waals surface area (Å²) < 4.78 is 9.47. The van der Waals surface area contributed by atoms with Gasteiger partial charge in [0.1, 0.15) is 0 Å². The molecular weight excluding hydrogens is 224 g/mol. The highest BCUT2D eigenvalue weighted by Gasteiger charge is 2.50. The summed E-state index contributed by atoms with van der Waals surface area (Å²) in [5.41, 5.74) is -1.40. The van der Waals surface area contributed by atoms with Gasteiger partial charge >= 0.3 is 17.9 Å². The maximum absolute atomic E-state index is 11.9. The summed E-state index contributed by atoms with van der Waals surface area (Å²) in [5.74, 6) is -2.50. The average molecular weight is 244 g/mol. The molecule has 0 amide bonds. The minimum absolute atomic E-state index is 0.181. The predicted octanol–water partition coefficient (Wildman–Crippen LogP) is 1.69. The number of hydrogen-bond donors (Lipinski definition) is 0. The van der Waals surface area contributed by atoms with Gasteiger partial charge in [0, 0.05) is 6.92 Å². The van der Waals surface area contributed by atoms with E-state index in [-0.39, 0.29) is 18.9 Å². The molecule has 17 heavy (non-hydrogen) atoms. The van der Waals surface area contributed by atoms with Crippen molar-refractivity contribution in [2.24, 2.45) is 11.3 Å². The molecule has 0 saturated carbocycles. The van der Waals surface area contributed by atoms with E-state index in [1.54, 1.807) is 27.7 Å². The van der Waals surface area contributed by atoms with E-state index in [2.05, 4.69) is 4.74 Å². The van der Waals surface area contributed by atoms with Gasteiger partial charge in [-0.15, -0.1) is 0 Å². The third kappa shape index (κ3) is 3.28. The van der Waals surface area contributed by atoms with Gasteiger partial charge in [-0.2, -0.15) is 0 Å². The van der Waals surface area contributed by atoms with Gasteiger partial charge in [-0.25, -0.2) is 0 Å². The van der Waals surface area contributed by atoms with E-state index >= 15 is 0 Å². The van der Waals surface area contributed by atoms with E-state index in [1.807, 2.05) is 0 Å². The minimum atomic E-state index is -1.40. The Morgan fingerprint density at radius 1 is 1.12 bits per heavy atom. The number of ether oxygens (including phenoxy) is 2. The zero-order valence-electron chi connectivity index (χ0n) is 11.0. The van der Waals surface area contributed by atoms with Crippen molar-refractivity contribution in [3.63, 3.8) is 0 Å². The first-order valence-corrected chi connectivity index (χ1v) is 5.72. The quantitative estimate of drug-likeness (QED) is 0.543. The Hall–Kier alpha value is -1.39. The average Bonchev–Trinajstić information content (AvgIpc) is 2.17. The van der Waals surface area contributed by atoms with Crippen LogP contribution in [-0.4, -0.2) is 24.5 Å². The highest BCUT2D eigenvalue weighted by atomic mass is 16.6. The molecule has 0 aromatic rings. The van der Waals surface area contributed by atoms with Gasteiger partial charge in [0.25, 0.3) is 0 Å². The highest BCUT2D eigenvalue weighted by Crippen LogP contribution is 2.34. The van der Waals surface area contributed by atoms with Crippen LogP contribution in [0.15, 0.2) is 0 Å². The van der Waals surface area contributed by atoms with E-state index in [4.69, 9.17) is 4.74 Å². The Bertz CT molecular complexity index is 308. The van der Waals surface area contributed by atoms with Crippen molar-refractivity contribution < 1.29 is 23.9 Å². The summed E-state index contributed by atoms with van der Waals surface area (Å²) >= 11 is 0. The Morgan fingerprint density at radius 2 is 1.65 bits per heavy atom. The second-order valence-corrected chi connectivity index (χ2v) is 4.08. The predicted molar refractivity (Wildman–Crippen MR) is 61.0 cm³/mol. The summed E-state index contributed by atoms with van der Waals surface area (Å²) in [5, 5.41) is 0. The van der Waals surface area contributed by atoms with Gasteiger partial charge in [0.05, 0.1) is 6.61 Å². The van der Waals surface area contributed by atoms with Crippen LogP contribution >= 0.6 is 0 Å². The van der Waals surface area contributed by atoms with Gasteiger partial charge in [-0.05, 0) is 19.3 Å². The summed E-state index contributed by atoms with van der Waals surface area (Å²) in [7, 11) is 0. The van der Waals surface area contributed by atoms with E-state index in [0.717, 1.165) is 6.92 Å². The molecule has 0 spiro atoms. The van der Waals surface area contributed by atoms with E-state index in [0.29, 0.717) is 0 Å². The molecule has 0 fully saturated rings. The molecule has 0 radical (unpaired) electrons. The Labute approximate surface area is 101 Å². The molecule has 0 aliphatic carbocycles. The second kappa shape index (κ2) is 6.37. The number of hydrogen-bond acceptors (Lipinski definition) is 5. The third-order valence-electron chi connectivity index (χ3n) is 2.78. The van der Waals surface area contributed by atoms with E-state index < -0.39 is 23.3 Å². The van der Waals surface area contributed by atoms with Crippen LogP contribution < -0.4 is 0 Å². The van der Waals surface area contributed by atoms with Gasteiger partial charge in [-0.1, -0.05) is 20.8 Å². The molecule has 0 saturated heterocycles. The number of rotatable bonds is 5. The van der Waals surface area contributed by atoms with Crippen LogP contribution in [0.3, 0.4) is 0 Å². The number of carbonyl (C=O) groups is 3. The van der Waals surface area contributed by atoms with Crippen LogP contribution in [-0.2, 0) is 23.9 Å². The third-order valence-corrected chi connectivity index (χ3v) is 2.78. The molecule has 0 aliphatic heterocycles. The summed E-state index contributed by atoms with van der Waals surface area (Å²) in [6, 6.07) is 0. The number of esters is 3. The van der Waals surface area contributed by atoms with Crippen molar-refractivity contribution in [3.05, 3.63) is 0 Å². The zero-order chi connectivity index (χ0) is 13.6. The normalized spacial score (nSPS) is 14.0. The first kappa shape index (κ1) is 15.6.